The van der Waals surface area contributed by atoms with Gasteiger partial charge >= 0.3 is 0 Å². The number of aromatic nitrogens is 2. The molecule has 0 aromatic carbocycles. The van der Waals surface area contributed by atoms with Gasteiger partial charge in [-0.15, -0.1) is 0 Å². The fourth-order valence-corrected chi connectivity index (χ4v) is 2.99. The van der Waals surface area contributed by atoms with Crippen LogP contribution in [0.5, 0.6) is 0 Å². The SMILES string of the molecule is CCOC1CCN(Cc2c(Br)c(C)nn2C)CC1. The molecule has 0 atom stereocenters. The number of piperidine rings is 1. The molecule has 4 nitrogen and oxygen atoms in total. The number of hydrogen-bond donors (Lipinski definition) is 0. The maximum atomic E-state index is 5.68. The van der Waals surface area contributed by atoms with E-state index in [1.165, 1.54) is 5.69 Å². The summed E-state index contributed by atoms with van der Waals surface area (Å²) in [6.45, 7) is 8.13. The smallest absolute Gasteiger partial charge is 0.0739 e. The molecular formula is C13H22BrN3O. The second-order valence-electron chi connectivity index (χ2n) is 4.90. The average Bonchev–Trinajstić information content (AvgIpc) is 2.59. The topological polar surface area (TPSA) is 30.3 Å². The number of hydrogen-bond acceptors (Lipinski definition) is 3. The van der Waals surface area contributed by atoms with Gasteiger partial charge < -0.3 is 4.74 Å². The molecule has 0 bridgehead atoms. The van der Waals surface area contributed by atoms with E-state index in [9.17, 15) is 0 Å². The van der Waals surface area contributed by atoms with E-state index in [-0.39, 0.29) is 0 Å². The van der Waals surface area contributed by atoms with Crippen LogP contribution in [0.15, 0.2) is 4.47 Å². The molecule has 1 fully saturated rings. The molecule has 0 N–H and O–H groups in total. The summed E-state index contributed by atoms with van der Waals surface area (Å²) in [6.07, 6.45) is 2.74. The molecule has 1 aromatic heterocycles. The maximum absolute atomic E-state index is 5.68. The quantitative estimate of drug-likeness (QED) is 0.855. The lowest BCUT2D eigenvalue weighted by Gasteiger charge is -2.31. The predicted molar refractivity (Wildman–Crippen MR) is 75.6 cm³/mol. The Kier molecular flexibility index (Phi) is 4.81. The number of likely N-dealkylation sites (tertiary alicyclic amines) is 1. The van der Waals surface area contributed by atoms with E-state index >= 15 is 0 Å². The highest BCUT2D eigenvalue weighted by Gasteiger charge is 2.21. The third-order valence-corrected chi connectivity index (χ3v) is 4.60. The third-order valence-electron chi connectivity index (χ3n) is 3.57. The van der Waals surface area contributed by atoms with Gasteiger partial charge in [0.2, 0.25) is 0 Å². The van der Waals surface area contributed by atoms with Gasteiger partial charge in [0.1, 0.15) is 0 Å². The minimum absolute atomic E-state index is 0.461. The van der Waals surface area contributed by atoms with E-state index in [4.69, 9.17) is 4.74 Å². The number of nitrogens with zero attached hydrogens (tertiary/aromatic N) is 3. The van der Waals surface area contributed by atoms with Crippen LogP contribution in [0.4, 0.5) is 0 Å². The highest BCUT2D eigenvalue weighted by Crippen LogP contribution is 2.23. The van der Waals surface area contributed by atoms with Crippen molar-refractivity contribution in [1.82, 2.24) is 14.7 Å². The summed E-state index contributed by atoms with van der Waals surface area (Å²) in [6, 6.07) is 0. The molecule has 0 amide bonds. The summed E-state index contributed by atoms with van der Waals surface area (Å²) >= 11 is 3.63. The highest BCUT2D eigenvalue weighted by atomic mass is 79.9. The average molecular weight is 316 g/mol. The van der Waals surface area contributed by atoms with Crippen molar-refractivity contribution in [3.8, 4) is 0 Å². The van der Waals surface area contributed by atoms with Crippen molar-refractivity contribution in [2.24, 2.45) is 7.05 Å². The Morgan fingerprint density at radius 3 is 2.56 bits per heavy atom. The fraction of sp³-hybridized carbons (Fsp3) is 0.769. The molecule has 0 aliphatic carbocycles. The summed E-state index contributed by atoms with van der Waals surface area (Å²) in [4.78, 5) is 2.48. The molecule has 1 aromatic rings. The fourth-order valence-electron chi connectivity index (χ4n) is 2.53. The van der Waals surface area contributed by atoms with Crippen LogP contribution in [-0.4, -0.2) is 40.5 Å². The standard InChI is InChI=1S/C13H22BrN3O/c1-4-18-11-5-7-17(8-6-11)9-12-13(14)10(2)15-16(12)3/h11H,4-9H2,1-3H3. The number of halogens is 1. The van der Waals surface area contributed by atoms with Crippen molar-refractivity contribution in [2.75, 3.05) is 19.7 Å². The largest absolute Gasteiger partial charge is 0.378 e. The van der Waals surface area contributed by atoms with Gasteiger partial charge in [0.05, 0.1) is 22.0 Å². The maximum Gasteiger partial charge on any atom is 0.0739 e. The van der Waals surface area contributed by atoms with Crippen molar-refractivity contribution < 1.29 is 4.74 Å². The van der Waals surface area contributed by atoms with E-state index in [0.717, 1.165) is 49.2 Å². The van der Waals surface area contributed by atoms with Crippen molar-refractivity contribution in [3.05, 3.63) is 15.9 Å². The molecule has 2 heterocycles. The lowest BCUT2D eigenvalue weighted by molar-refractivity contribution is 0.0120. The minimum Gasteiger partial charge on any atom is -0.378 e. The van der Waals surface area contributed by atoms with Crippen molar-refractivity contribution in [2.45, 2.75) is 39.3 Å². The Bertz CT molecular complexity index is 397. The zero-order valence-electron chi connectivity index (χ0n) is 11.4. The first-order valence-corrected chi connectivity index (χ1v) is 7.43. The van der Waals surface area contributed by atoms with E-state index in [0.29, 0.717) is 6.10 Å². The van der Waals surface area contributed by atoms with Gasteiger partial charge in [0.15, 0.2) is 0 Å². The predicted octanol–water partition coefficient (Wildman–Crippen LogP) is 2.49. The van der Waals surface area contributed by atoms with Crippen molar-refractivity contribution in [1.29, 1.82) is 0 Å². The molecule has 2 rings (SSSR count). The minimum atomic E-state index is 0.461. The van der Waals surface area contributed by atoms with Gasteiger partial charge in [-0.1, -0.05) is 0 Å². The molecule has 1 saturated heterocycles. The Hall–Kier alpha value is -0.390. The van der Waals surface area contributed by atoms with Crippen molar-refractivity contribution in [3.63, 3.8) is 0 Å². The molecule has 0 radical (unpaired) electrons. The van der Waals surface area contributed by atoms with Crippen LogP contribution >= 0.6 is 15.9 Å². The third kappa shape index (κ3) is 3.13. The first-order chi connectivity index (χ1) is 8.61. The van der Waals surface area contributed by atoms with Crippen LogP contribution in [-0.2, 0) is 18.3 Å². The Labute approximate surface area is 117 Å². The van der Waals surface area contributed by atoms with Crippen LogP contribution in [0.2, 0.25) is 0 Å². The number of rotatable bonds is 4. The Morgan fingerprint density at radius 1 is 1.39 bits per heavy atom. The number of aryl methyl sites for hydroxylation is 2. The highest BCUT2D eigenvalue weighted by molar-refractivity contribution is 9.10. The van der Waals surface area contributed by atoms with E-state index in [2.05, 4.69) is 32.9 Å². The molecule has 1 aliphatic heterocycles. The molecule has 18 heavy (non-hydrogen) atoms. The van der Waals surface area contributed by atoms with Gasteiger partial charge in [0, 0.05) is 33.3 Å². The molecule has 5 heteroatoms. The Morgan fingerprint density at radius 2 is 2.06 bits per heavy atom. The van der Waals surface area contributed by atoms with Crippen LogP contribution in [0.25, 0.3) is 0 Å². The monoisotopic (exact) mass is 315 g/mol. The summed E-state index contributed by atoms with van der Waals surface area (Å²) in [5.74, 6) is 0. The lowest BCUT2D eigenvalue weighted by atomic mass is 10.1. The first kappa shape index (κ1) is 14.0. The zero-order chi connectivity index (χ0) is 13.1. The summed E-state index contributed by atoms with van der Waals surface area (Å²) < 4.78 is 8.81. The van der Waals surface area contributed by atoms with E-state index < -0.39 is 0 Å². The van der Waals surface area contributed by atoms with E-state index in [1.54, 1.807) is 0 Å². The van der Waals surface area contributed by atoms with Crippen LogP contribution < -0.4 is 0 Å². The first-order valence-electron chi connectivity index (χ1n) is 6.63. The lowest BCUT2D eigenvalue weighted by Crippen LogP contribution is -2.37. The second kappa shape index (κ2) is 6.17. The molecule has 0 saturated carbocycles. The van der Waals surface area contributed by atoms with Crippen LogP contribution in [0, 0.1) is 6.92 Å². The second-order valence-corrected chi connectivity index (χ2v) is 5.69. The molecule has 102 valence electrons. The van der Waals surface area contributed by atoms with Gasteiger partial charge in [-0.05, 0) is 42.6 Å². The summed E-state index contributed by atoms with van der Waals surface area (Å²) in [7, 11) is 2.01. The van der Waals surface area contributed by atoms with Crippen LogP contribution in [0.1, 0.15) is 31.2 Å². The molecule has 0 spiro atoms. The van der Waals surface area contributed by atoms with Crippen LogP contribution in [0.3, 0.4) is 0 Å². The normalized spacial score (nSPS) is 18.4. The van der Waals surface area contributed by atoms with Gasteiger partial charge in [-0.3, -0.25) is 9.58 Å². The molecular weight excluding hydrogens is 294 g/mol. The van der Waals surface area contributed by atoms with Gasteiger partial charge in [0.25, 0.3) is 0 Å². The zero-order valence-corrected chi connectivity index (χ0v) is 13.0. The van der Waals surface area contributed by atoms with E-state index in [1.807, 2.05) is 18.7 Å². The Balaban J connectivity index is 1.91. The summed E-state index contributed by atoms with van der Waals surface area (Å²) in [5, 5.41) is 4.44. The van der Waals surface area contributed by atoms with Gasteiger partial charge in [-0.2, -0.15) is 5.10 Å². The molecule has 0 unspecified atom stereocenters. The molecule has 1 aliphatic rings. The number of ether oxygens (including phenoxy) is 1. The summed E-state index contributed by atoms with van der Waals surface area (Å²) in [5.41, 5.74) is 2.33. The van der Waals surface area contributed by atoms with Crippen molar-refractivity contribution >= 4 is 15.9 Å². The van der Waals surface area contributed by atoms with Gasteiger partial charge in [-0.25, -0.2) is 0 Å².